The van der Waals surface area contributed by atoms with Gasteiger partial charge in [-0.1, -0.05) is 15.9 Å². The molecule has 0 radical (unpaired) electrons. The first kappa shape index (κ1) is 10.9. The molecule has 2 amide bonds. The van der Waals surface area contributed by atoms with Crippen molar-refractivity contribution in [2.45, 2.75) is 0 Å². The number of benzene rings is 1. The largest absolute Gasteiger partial charge is 0.316 e. The predicted octanol–water partition coefficient (Wildman–Crippen LogP) is 1.26. The average molecular weight is 295 g/mol. The number of nitrogens with one attached hydrogen (secondary N) is 1. The zero-order chi connectivity index (χ0) is 12.0. The van der Waals surface area contributed by atoms with Gasteiger partial charge in [0.1, 0.15) is 0 Å². The van der Waals surface area contributed by atoms with Crippen molar-refractivity contribution < 1.29 is 9.59 Å². The van der Waals surface area contributed by atoms with Crippen LogP contribution < -0.4 is 5.32 Å². The number of nitrogens with zero attached hydrogens (tertiary/aromatic N) is 1. The molecule has 0 aromatic heterocycles. The van der Waals surface area contributed by atoms with E-state index in [9.17, 15) is 9.59 Å². The van der Waals surface area contributed by atoms with E-state index in [-0.39, 0.29) is 11.8 Å². The molecule has 88 valence electrons. The van der Waals surface area contributed by atoms with Crippen LogP contribution in [-0.4, -0.2) is 36.3 Å². The van der Waals surface area contributed by atoms with Crippen molar-refractivity contribution in [3.63, 3.8) is 0 Å². The zero-order valence-electron chi connectivity index (χ0n) is 9.07. The molecular weight excluding hydrogens is 284 g/mol. The summed E-state index contributed by atoms with van der Waals surface area (Å²) in [5.41, 5.74) is 1.03. The number of rotatable bonds is 2. The lowest BCUT2D eigenvalue weighted by molar-refractivity contribution is 0.0612. The molecule has 0 unspecified atom stereocenters. The van der Waals surface area contributed by atoms with Crippen LogP contribution in [0, 0.1) is 5.92 Å². The molecule has 0 atom stereocenters. The van der Waals surface area contributed by atoms with Gasteiger partial charge in [-0.2, -0.15) is 0 Å². The summed E-state index contributed by atoms with van der Waals surface area (Å²) in [6.45, 7) is 2.30. The molecular formula is C12H11BrN2O2. The van der Waals surface area contributed by atoms with Crippen molar-refractivity contribution in [1.82, 2.24) is 10.2 Å². The summed E-state index contributed by atoms with van der Waals surface area (Å²) < 4.78 is 0.824. The van der Waals surface area contributed by atoms with E-state index >= 15 is 0 Å². The minimum Gasteiger partial charge on any atom is -0.316 e. The van der Waals surface area contributed by atoms with E-state index in [1.54, 1.807) is 18.2 Å². The van der Waals surface area contributed by atoms with Crippen molar-refractivity contribution in [2.24, 2.45) is 5.92 Å². The van der Waals surface area contributed by atoms with Crippen LogP contribution in [0.3, 0.4) is 0 Å². The Bertz CT molecular complexity index is 511. The molecule has 1 aromatic rings. The monoisotopic (exact) mass is 294 g/mol. The topological polar surface area (TPSA) is 49.4 Å². The van der Waals surface area contributed by atoms with Crippen molar-refractivity contribution in [3.8, 4) is 0 Å². The SMILES string of the molecule is O=C1c2ccc(Br)cc2C(=O)N1CC1CNC1. The Morgan fingerprint density at radius 1 is 1.24 bits per heavy atom. The van der Waals surface area contributed by atoms with Gasteiger partial charge in [-0.25, -0.2) is 0 Å². The fraction of sp³-hybridized carbons (Fsp3) is 0.333. The number of halogens is 1. The second-order valence-electron chi connectivity index (χ2n) is 4.44. The fourth-order valence-corrected chi connectivity index (χ4v) is 2.53. The molecule has 2 heterocycles. The van der Waals surface area contributed by atoms with E-state index in [1.807, 2.05) is 0 Å². The Balaban J connectivity index is 1.90. The maximum atomic E-state index is 12.1. The summed E-state index contributed by atoms with van der Waals surface area (Å²) in [5.74, 6) is 0.0725. The average Bonchev–Trinajstić information content (AvgIpc) is 2.47. The van der Waals surface area contributed by atoms with Gasteiger partial charge in [0.25, 0.3) is 11.8 Å². The van der Waals surface area contributed by atoms with E-state index in [0.717, 1.165) is 17.6 Å². The molecule has 2 aliphatic heterocycles. The van der Waals surface area contributed by atoms with Gasteiger partial charge in [0, 0.05) is 30.0 Å². The normalized spacial score (nSPS) is 19.5. The molecule has 4 nitrogen and oxygen atoms in total. The van der Waals surface area contributed by atoms with Gasteiger partial charge < -0.3 is 5.32 Å². The highest BCUT2D eigenvalue weighted by molar-refractivity contribution is 9.10. The van der Waals surface area contributed by atoms with Gasteiger partial charge in [-0.3, -0.25) is 14.5 Å². The number of amides is 2. The molecule has 5 heteroatoms. The lowest BCUT2D eigenvalue weighted by atomic mass is 10.0. The van der Waals surface area contributed by atoms with Gasteiger partial charge in [-0.15, -0.1) is 0 Å². The molecule has 0 aliphatic carbocycles. The van der Waals surface area contributed by atoms with E-state index in [0.29, 0.717) is 23.6 Å². The van der Waals surface area contributed by atoms with E-state index < -0.39 is 0 Å². The number of carbonyl (C=O) groups excluding carboxylic acids is 2. The van der Waals surface area contributed by atoms with Crippen LogP contribution in [0.5, 0.6) is 0 Å². The first-order chi connectivity index (χ1) is 8.16. The third kappa shape index (κ3) is 1.70. The smallest absolute Gasteiger partial charge is 0.261 e. The van der Waals surface area contributed by atoms with Crippen LogP contribution in [0.25, 0.3) is 0 Å². The second-order valence-corrected chi connectivity index (χ2v) is 5.35. The second kappa shape index (κ2) is 3.92. The molecule has 1 N–H and O–H groups in total. The first-order valence-corrected chi connectivity index (χ1v) is 6.32. The standard InChI is InChI=1S/C12H11BrN2O2/c13-8-1-2-9-10(3-8)12(17)15(11(9)16)6-7-4-14-5-7/h1-3,7,14H,4-6H2. The van der Waals surface area contributed by atoms with Crippen LogP contribution in [0.2, 0.25) is 0 Å². The quantitative estimate of drug-likeness (QED) is 0.836. The predicted molar refractivity (Wildman–Crippen MR) is 65.9 cm³/mol. The van der Waals surface area contributed by atoms with Crippen LogP contribution in [0.1, 0.15) is 20.7 Å². The number of hydrogen-bond donors (Lipinski definition) is 1. The van der Waals surface area contributed by atoms with Crippen LogP contribution in [0.15, 0.2) is 22.7 Å². The molecule has 1 aromatic carbocycles. The van der Waals surface area contributed by atoms with Crippen LogP contribution >= 0.6 is 15.9 Å². The maximum absolute atomic E-state index is 12.1. The van der Waals surface area contributed by atoms with Gasteiger partial charge in [0.2, 0.25) is 0 Å². The summed E-state index contributed by atoms with van der Waals surface area (Å²) in [6, 6.07) is 5.21. The minimum atomic E-state index is -0.168. The van der Waals surface area contributed by atoms with E-state index in [4.69, 9.17) is 0 Å². The molecule has 1 fully saturated rings. The number of hydrogen-bond acceptors (Lipinski definition) is 3. The van der Waals surface area contributed by atoms with Gasteiger partial charge >= 0.3 is 0 Å². The Labute approximate surface area is 107 Å². The summed E-state index contributed by atoms with van der Waals surface area (Å²) in [5, 5.41) is 3.14. The molecule has 1 saturated heterocycles. The van der Waals surface area contributed by atoms with Crippen LogP contribution in [0.4, 0.5) is 0 Å². The lowest BCUT2D eigenvalue weighted by Gasteiger charge is -2.30. The third-order valence-corrected chi connectivity index (χ3v) is 3.73. The van der Waals surface area contributed by atoms with Crippen molar-refractivity contribution >= 4 is 27.7 Å². The summed E-state index contributed by atoms with van der Waals surface area (Å²) in [7, 11) is 0. The first-order valence-electron chi connectivity index (χ1n) is 5.53. The third-order valence-electron chi connectivity index (χ3n) is 3.24. The zero-order valence-corrected chi connectivity index (χ0v) is 10.7. The van der Waals surface area contributed by atoms with Crippen LogP contribution in [-0.2, 0) is 0 Å². The Morgan fingerprint density at radius 2 is 1.94 bits per heavy atom. The number of fused-ring (bicyclic) bond motifs is 1. The summed E-state index contributed by atoms with van der Waals surface area (Å²) >= 11 is 3.32. The Kier molecular flexibility index (Phi) is 2.52. The van der Waals surface area contributed by atoms with Gasteiger partial charge in [0.05, 0.1) is 11.1 Å². The van der Waals surface area contributed by atoms with Gasteiger partial charge in [0.15, 0.2) is 0 Å². The molecule has 0 spiro atoms. The molecule has 3 rings (SSSR count). The summed E-state index contributed by atoms with van der Waals surface area (Å²) in [6.07, 6.45) is 0. The Hall–Kier alpha value is -1.20. The molecule has 0 saturated carbocycles. The number of imide groups is 1. The van der Waals surface area contributed by atoms with E-state index in [1.165, 1.54) is 4.90 Å². The lowest BCUT2D eigenvalue weighted by Crippen LogP contribution is -2.49. The fourth-order valence-electron chi connectivity index (χ4n) is 2.16. The van der Waals surface area contributed by atoms with Crippen molar-refractivity contribution in [3.05, 3.63) is 33.8 Å². The maximum Gasteiger partial charge on any atom is 0.261 e. The van der Waals surface area contributed by atoms with E-state index in [2.05, 4.69) is 21.2 Å². The molecule has 17 heavy (non-hydrogen) atoms. The van der Waals surface area contributed by atoms with Crippen molar-refractivity contribution in [2.75, 3.05) is 19.6 Å². The molecule has 0 bridgehead atoms. The number of carbonyl (C=O) groups is 2. The highest BCUT2D eigenvalue weighted by atomic mass is 79.9. The highest BCUT2D eigenvalue weighted by Gasteiger charge is 2.37. The highest BCUT2D eigenvalue weighted by Crippen LogP contribution is 2.26. The Morgan fingerprint density at radius 3 is 2.59 bits per heavy atom. The molecule has 2 aliphatic rings. The van der Waals surface area contributed by atoms with Gasteiger partial charge in [-0.05, 0) is 18.2 Å². The van der Waals surface area contributed by atoms with Crippen molar-refractivity contribution in [1.29, 1.82) is 0 Å². The summed E-state index contributed by atoms with van der Waals surface area (Å²) in [4.78, 5) is 25.5. The minimum absolute atomic E-state index is 0.163.